The highest BCUT2D eigenvalue weighted by molar-refractivity contribution is 7.71. The van der Waals surface area contributed by atoms with Crippen LogP contribution in [0.1, 0.15) is 24.8 Å². The second-order valence-corrected chi connectivity index (χ2v) is 6.14. The monoisotopic (exact) mass is 337 g/mol. The topological polar surface area (TPSA) is 49.8 Å². The minimum absolute atomic E-state index is 0.00108. The van der Waals surface area contributed by atoms with Gasteiger partial charge < -0.3 is 10.3 Å². The molecule has 5 heteroatoms. The number of aromatic amines is 1. The highest BCUT2D eigenvalue weighted by Gasteiger charge is 2.11. The summed E-state index contributed by atoms with van der Waals surface area (Å²) in [7, 11) is 0. The molecule has 2 aromatic carbocycles. The summed E-state index contributed by atoms with van der Waals surface area (Å²) in [4.78, 5) is 15.3. The van der Waals surface area contributed by atoms with E-state index in [1.807, 2.05) is 65.4 Å². The van der Waals surface area contributed by atoms with Crippen molar-refractivity contribution >= 4 is 23.8 Å². The Hall–Kier alpha value is -2.66. The van der Waals surface area contributed by atoms with Crippen molar-refractivity contribution in [3.63, 3.8) is 0 Å². The van der Waals surface area contributed by atoms with E-state index >= 15 is 0 Å². The van der Waals surface area contributed by atoms with Crippen molar-refractivity contribution in [3.05, 3.63) is 77.3 Å². The smallest absolute Gasteiger partial charge is 0.224 e. The number of benzene rings is 2. The van der Waals surface area contributed by atoms with E-state index < -0.39 is 0 Å². The third-order valence-corrected chi connectivity index (χ3v) is 4.23. The molecule has 0 aliphatic heterocycles. The summed E-state index contributed by atoms with van der Waals surface area (Å²) in [6.45, 7) is 2.06. The average Bonchev–Trinajstić information content (AvgIpc) is 3.02. The predicted octanol–water partition coefficient (Wildman–Crippen LogP) is 4.67. The van der Waals surface area contributed by atoms with Crippen LogP contribution in [0.2, 0.25) is 0 Å². The lowest BCUT2D eigenvalue weighted by molar-refractivity contribution is -0.116. The molecule has 3 aromatic rings. The fourth-order valence-electron chi connectivity index (χ4n) is 2.65. The highest BCUT2D eigenvalue weighted by atomic mass is 32.1. The summed E-state index contributed by atoms with van der Waals surface area (Å²) >= 11 is 5.23. The second kappa shape index (κ2) is 7.27. The fraction of sp³-hybridized carbons (Fsp3) is 0.158. The van der Waals surface area contributed by atoms with Crippen molar-refractivity contribution in [2.45, 2.75) is 19.3 Å². The molecule has 4 nitrogen and oxygen atoms in total. The van der Waals surface area contributed by atoms with Gasteiger partial charge in [-0.1, -0.05) is 43.3 Å². The molecule has 0 aliphatic rings. The van der Waals surface area contributed by atoms with Gasteiger partial charge >= 0.3 is 0 Å². The van der Waals surface area contributed by atoms with Gasteiger partial charge in [0.1, 0.15) is 0 Å². The van der Waals surface area contributed by atoms with Gasteiger partial charge in [-0.25, -0.2) is 0 Å². The standard InChI is InChI=1S/C19H19N3OS/c1-14(15-6-3-2-4-7-15)12-18(23)21-16-8-5-9-17(13-16)22-11-10-20-19(22)24/h2-11,13-14H,12H2,1H3,(H,20,24)(H,21,23). The van der Waals surface area contributed by atoms with Crippen LogP contribution in [0.15, 0.2) is 67.0 Å². The Kier molecular flexibility index (Phi) is 4.91. The summed E-state index contributed by atoms with van der Waals surface area (Å²) < 4.78 is 2.48. The minimum atomic E-state index is 0.00108. The van der Waals surface area contributed by atoms with E-state index in [9.17, 15) is 4.79 Å². The summed E-state index contributed by atoms with van der Waals surface area (Å²) in [5.74, 6) is 0.175. The molecule has 1 unspecified atom stereocenters. The molecular weight excluding hydrogens is 318 g/mol. The number of rotatable bonds is 5. The second-order valence-electron chi connectivity index (χ2n) is 5.75. The molecule has 1 amide bonds. The molecule has 24 heavy (non-hydrogen) atoms. The predicted molar refractivity (Wildman–Crippen MR) is 99.1 cm³/mol. The molecule has 0 fully saturated rings. The van der Waals surface area contributed by atoms with Crippen LogP contribution in [0.25, 0.3) is 5.69 Å². The summed E-state index contributed by atoms with van der Waals surface area (Å²) in [6.07, 6.45) is 4.09. The molecule has 2 N–H and O–H groups in total. The van der Waals surface area contributed by atoms with Gasteiger partial charge in [-0.15, -0.1) is 0 Å². The Morgan fingerprint density at radius 2 is 2.00 bits per heavy atom. The number of carbonyl (C=O) groups is 1. The fourth-order valence-corrected chi connectivity index (χ4v) is 2.88. The van der Waals surface area contributed by atoms with E-state index in [4.69, 9.17) is 12.2 Å². The van der Waals surface area contributed by atoms with Crippen LogP contribution in [-0.4, -0.2) is 15.5 Å². The largest absolute Gasteiger partial charge is 0.337 e. The number of H-pyrrole nitrogens is 1. The first-order valence-electron chi connectivity index (χ1n) is 7.85. The van der Waals surface area contributed by atoms with Crippen molar-refractivity contribution < 1.29 is 4.79 Å². The van der Waals surface area contributed by atoms with Crippen LogP contribution in [0.4, 0.5) is 5.69 Å². The Morgan fingerprint density at radius 1 is 1.21 bits per heavy atom. The summed E-state index contributed by atoms with van der Waals surface area (Å²) in [5.41, 5.74) is 2.84. The normalized spacial score (nSPS) is 11.9. The molecular formula is C19H19N3OS. The number of carbonyl (C=O) groups excluding carboxylic acids is 1. The van der Waals surface area contributed by atoms with Crippen molar-refractivity contribution in [1.29, 1.82) is 0 Å². The van der Waals surface area contributed by atoms with Crippen LogP contribution >= 0.6 is 12.2 Å². The molecule has 0 radical (unpaired) electrons. The maximum absolute atomic E-state index is 12.3. The first-order chi connectivity index (χ1) is 11.6. The van der Waals surface area contributed by atoms with Gasteiger partial charge in [0, 0.05) is 30.2 Å². The Balaban J connectivity index is 1.69. The van der Waals surface area contributed by atoms with E-state index in [1.54, 1.807) is 6.20 Å². The summed E-state index contributed by atoms with van der Waals surface area (Å²) in [6, 6.07) is 17.7. The SMILES string of the molecule is CC(CC(=O)Nc1cccc(-n2cc[nH]c2=S)c1)c1ccccc1. The molecule has 1 heterocycles. The molecule has 122 valence electrons. The average molecular weight is 337 g/mol. The van der Waals surface area contributed by atoms with E-state index in [0.29, 0.717) is 11.2 Å². The number of anilines is 1. The lowest BCUT2D eigenvalue weighted by Gasteiger charge is -2.12. The zero-order chi connectivity index (χ0) is 16.9. The van der Waals surface area contributed by atoms with Crippen LogP contribution in [0.3, 0.4) is 0 Å². The number of aromatic nitrogens is 2. The number of imidazole rings is 1. The van der Waals surface area contributed by atoms with Crippen molar-refractivity contribution in [3.8, 4) is 5.69 Å². The number of hydrogen-bond donors (Lipinski definition) is 2. The Morgan fingerprint density at radius 3 is 2.71 bits per heavy atom. The van der Waals surface area contributed by atoms with Crippen LogP contribution < -0.4 is 5.32 Å². The Labute approximate surface area is 146 Å². The van der Waals surface area contributed by atoms with Crippen LogP contribution in [-0.2, 0) is 4.79 Å². The van der Waals surface area contributed by atoms with Gasteiger partial charge in [0.2, 0.25) is 5.91 Å². The van der Waals surface area contributed by atoms with E-state index in [0.717, 1.165) is 11.4 Å². The van der Waals surface area contributed by atoms with Crippen molar-refractivity contribution in [1.82, 2.24) is 9.55 Å². The van der Waals surface area contributed by atoms with Gasteiger partial charge in [-0.05, 0) is 41.9 Å². The number of nitrogens with one attached hydrogen (secondary N) is 2. The first kappa shape index (κ1) is 16.2. The summed E-state index contributed by atoms with van der Waals surface area (Å²) in [5, 5.41) is 2.97. The van der Waals surface area contributed by atoms with Gasteiger partial charge in [0.05, 0.1) is 0 Å². The molecule has 0 spiro atoms. The molecule has 3 rings (SSSR count). The van der Waals surface area contributed by atoms with Gasteiger partial charge in [0.15, 0.2) is 4.77 Å². The number of nitrogens with zero attached hydrogens (tertiary/aromatic N) is 1. The Bertz CT molecular complexity index is 883. The molecule has 1 atom stereocenters. The van der Waals surface area contributed by atoms with E-state index in [-0.39, 0.29) is 11.8 Å². The van der Waals surface area contributed by atoms with Gasteiger partial charge in [-0.3, -0.25) is 9.36 Å². The van der Waals surface area contributed by atoms with Gasteiger partial charge in [-0.2, -0.15) is 0 Å². The zero-order valence-electron chi connectivity index (χ0n) is 13.4. The van der Waals surface area contributed by atoms with Crippen LogP contribution in [0, 0.1) is 4.77 Å². The quantitative estimate of drug-likeness (QED) is 0.665. The van der Waals surface area contributed by atoms with Crippen molar-refractivity contribution in [2.75, 3.05) is 5.32 Å². The zero-order valence-corrected chi connectivity index (χ0v) is 14.2. The number of amides is 1. The van der Waals surface area contributed by atoms with E-state index in [1.165, 1.54) is 5.56 Å². The third kappa shape index (κ3) is 3.81. The molecule has 0 saturated carbocycles. The maximum atomic E-state index is 12.3. The third-order valence-electron chi connectivity index (χ3n) is 3.92. The van der Waals surface area contributed by atoms with Crippen LogP contribution in [0.5, 0.6) is 0 Å². The maximum Gasteiger partial charge on any atom is 0.224 e. The first-order valence-corrected chi connectivity index (χ1v) is 8.25. The minimum Gasteiger partial charge on any atom is -0.337 e. The lowest BCUT2D eigenvalue weighted by Crippen LogP contribution is -2.14. The molecule has 1 aromatic heterocycles. The van der Waals surface area contributed by atoms with E-state index in [2.05, 4.69) is 17.2 Å². The lowest BCUT2D eigenvalue weighted by atomic mass is 9.97. The van der Waals surface area contributed by atoms with Gasteiger partial charge in [0.25, 0.3) is 0 Å². The number of hydrogen-bond acceptors (Lipinski definition) is 2. The molecule has 0 bridgehead atoms. The van der Waals surface area contributed by atoms with Crippen molar-refractivity contribution in [2.24, 2.45) is 0 Å². The molecule has 0 aliphatic carbocycles. The molecule has 0 saturated heterocycles. The highest BCUT2D eigenvalue weighted by Crippen LogP contribution is 2.20.